The molecule has 2 rings (SSSR count). The topological polar surface area (TPSA) is 52.5 Å². The maximum Gasteiger partial charge on any atom is 0.120 e. The van der Waals surface area contributed by atoms with Crippen LogP contribution in [0.25, 0.3) is 0 Å². The first-order chi connectivity index (χ1) is 9.76. The molecular formula is C17H21NO2. The van der Waals surface area contributed by atoms with E-state index in [0.717, 1.165) is 23.1 Å². The second-order valence-corrected chi connectivity index (χ2v) is 4.83. The fourth-order valence-electron chi connectivity index (χ4n) is 2.37. The highest BCUT2D eigenvalue weighted by atomic mass is 16.3. The Balaban J connectivity index is 2.10. The third-order valence-corrected chi connectivity index (χ3v) is 3.55. The van der Waals surface area contributed by atoms with Crippen molar-refractivity contribution in [1.29, 1.82) is 0 Å². The molecule has 1 atom stereocenters. The van der Waals surface area contributed by atoms with E-state index in [1.807, 2.05) is 42.5 Å². The van der Waals surface area contributed by atoms with E-state index in [1.54, 1.807) is 6.07 Å². The summed E-state index contributed by atoms with van der Waals surface area (Å²) < 4.78 is 0. The predicted octanol–water partition coefficient (Wildman–Crippen LogP) is 3.13. The zero-order valence-corrected chi connectivity index (χ0v) is 11.7. The van der Waals surface area contributed by atoms with Crippen LogP contribution in [0.15, 0.2) is 48.5 Å². The van der Waals surface area contributed by atoms with Crippen LogP contribution in [-0.2, 0) is 13.2 Å². The number of phenolic OH excluding ortho intramolecular Hbond substituents is 1. The number of benzene rings is 2. The largest absolute Gasteiger partial charge is 0.508 e. The van der Waals surface area contributed by atoms with E-state index in [0.29, 0.717) is 12.3 Å². The van der Waals surface area contributed by atoms with Gasteiger partial charge in [0.05, 0.1) is 6.61 Å². The summed E-state index contributed by atoms with van der Waals surface area (Å²) in [6.45, 7) is 2.80. The number of rotatable bonds is 6. The van der Waals surface area contributed by atoms with Gasteiger partial charge in [0.25, 0.3) is 0 Å². The zero-order chi connectivity index (χ0) is 14.4. The first kappa shape index (κ1) is 14.6. The minimum Gasteiger partial charge on any atom is -0.508 e. The molecule has 0 fully saturated rings. The zero-order valence-electron chi connectivity index (χ0n) is 11.7. The third kappa shape index (κ3) is 3.38. The van der Waals surface area contributed by atoms with Gasteiger partial charge in [0.1, 0.15) is 5.75 Å². The van der Waals surface area contributed by atoms with Crippen LogP contribution >= 0.6 is 0 Å². The molecule has 0 aliphatic rings. The highest BCUT2D eigenvalue weighted by Crippen LogP contribution is 2.26. The number of para-hydroxylation sites is 1. The van der Waals surface area contributed by atoms with Gasteiger partial charge in [-0.3, -0.25) is 0 Å². The van der Waals surface area contributed by atoms with Crippen LogP contribution in [0.5, 0.6) is 5.75 Å². The Hall–Kier alpha value is -1.84. The number of phenols is 1. The SMILES string of the molecule is CC[C@@H](NCc1ccccc1CO)c1ccccc1O. The lowest BCUT2D eigenvalue weighted by Gasteiger charge is -2.19. The van der Waals surface area contributed by atoms with Crippen molar-refractivity contribution >= 4 is 0 Å². The number of hydrogen-bond donors (Lipinski definition) is 3. The Morgan fingerprint density at radius 3 is 2.30 bits per heavy atom. The predicted molar refractivity (Wildman–Crippen MR) is 80.3 cm³/mol. The number of aromatic hydroxyl groups is 1. The molecule has 0 aliphatic carbocycles. The van der Waals surface area contributed by atoms with Gasteiger partial charge in [-0.15, -0.1) is 0 Å². The second-order valence-electron chi connectivity index (χ2n) is 4.83. The van der Waals surface area contributed by atoms with Gasteiger partial charge in [-0.1, -0.05) is 49.4 Å². The summed E-state index contributed by atoms with van der Waals surface area (Å²) in [5.74, 6) is 0.322. The summed E-state index contributed by atoms with van der Waals surface area (Å²) in [6.07, 6.45) is 0.888. The molecule has 0 aromatic heterocycles. The van der Waals surface area contributed by atoms with E-state index in [2.05, 4.69) is 12.2 Å². The molecule has 0 saturated carbocycles. The van der Waals surface area contributed by atoms with Gasteiger partial charge in [-0.2, -0.15) is 0 Å². The molecule has 0 bridgehead atoms. The quantitative estimate of drug-likeness (QED) is 0.756. The van der Waals surface area contributed by atoms with Crippen molar-refractivity contribution < 1.29 is 10.2 Å². The maximum atomic E-state index is 9.93. The monoisotopic (exact) mass is 271 g/mol. The molecule has 3 heteroatoms. The molecule has 3 N–H and O–H groups in total. The average Bonchev–Trinajstić information content (AvgIpc) is 2.50. The molecule has 2 aromatic carbocycles. The van der Waals surface area contributed by atoms with Gasteiger partial charge >= 0.3 is 0 Å². The second kappa shape index (κ2) is 7.08. The van der Waals surface area contributed by atoms with Crippen molar-refractivity contribution in [2.45, 2.75) is 32.5 Å². The number of aliphatic hydroxyl groups is 1. The summed E-state index contributed by atoms with van der Waals surface area (Å²) >= 11 is 0. The molecule has 106 valence electrons. The fourth-order valence-corrected chi connectivity index (χ4v) is 2.37. The molecule has 2 aromatic rings. The Morgan fingerprint density at radius 1 is 1.00 bits per heavy atom. The lowest BCUT2D eigenvalue weighted by molar-refractivity contribution is 0.280. The molecule has 3 nitrogen and oxygen atoms in total. The summed E-state index contributed by atoms with van der Waals surface area (Å²) in [6, 6.07) is 15.3. The number of nitrogens with one attached hydrogen (secondary N) is 1. The number of aliphatic hydroxyl groups excluding tert-OH is 1. The molecule has 0 spiro atoms. The molecule has 0 radical (unpaired) electrons. The summed E-state index contributed by atoms with van der Waals surface area (Å²) in [7, 11) is 0. The van der Waals surface area contributed by atoms with Gasteiger partial charge in [-0.05, 0) is 23.6 Å². The molecule has 0 aliphatic heterocycles. The van der Waals surface area contributed by atoms with Crippen LogP contribution < -0.4 is 5.32 Å². The van der Waals surface area contributed by atoms with E-state index in [4.69, 9.17) is 0 Å². The molecule has 20 heavy (non-hydrogen) atoms. The van der Waals surface area contributed by atoms with Crippen LogP contribution in [0.4, 0.5) is 0 Å². The van der Waals surface area contributed by atoms with Gasteiger partial charge in [0.15, 0.2) is 0 Å². The van der Waals surface area contributed by atoms with E-state index < -0.39 is 0 Å². The average molecular weight is 271 g/mol. The maximum absolute atomic E-state index is 9.93. The third-order valence-electron chi connectivity index (χ3n) is 3.55. The molecule has 0 unspecified atom stereocenters. The molecular weight excluding hydrogens is 250 g/mol. The van der Waals surface area contributed by atoms with Crippen molar-refractivity contribution in [1.82, 2.24) is 5.32 Å². The minimum absolute atomic E-state index is 0.0469. The van der Waals surface area contributed by atoms with Crippen LogP contribution in [0.1, 0.15) is 36.1 Å². The van der Waals surface area contributed by atoms with Crippen LogP contribution in [0.2, 0.25) is 0 Å². The van der Waals surface area contributed by atoms with E-state index in [-0.39, 0.29) is 12.6 Å². The van der Waals surface area contributed by atoms with Gasteiger partial charge in [0.2, 0.25) is 0 Å². The van der Waals surface area contributed by atoms with Crippen molar-refractivity contribution in [2.75, 3.05) is 0 Å². The Kier molecular flexibility index (Phi) is 5.16. The smallest absolute Gasteiger partial charge is 0.120 e. The van der Waals surface area contributed by atoms with Crippen molar-refractivity contribution in [3.8, 4) is 5.75 Å². The summed E-state index contributed by atoms with van der Waals surface area (Å²) in [5, 5.41) is 22.7. The van der Waals surface area contributed by atoms with E-state index >= 15 is 0 Å². The van der Waals surface area contributed by atoms with E-state index in [9.17, 15) is 10.2 Å². The molecule has 0 saturated heterocycles. The van der Waals surface area contributed by atoms with Gasteiger partial charge < -0.3 is 15.5 Å². The van der Waals surface area contributed by atoms with E-state index in [1.165, 1.54) is 0 Å². The standard InChI is InChI=1S/C17H21NO2/c1-2-16(15-9-5-6-10-17(15)20)18-11-13-7-3-4-8-14(13)12-19/h3-10,16,18-20H,2,11-12H2,1H3/t16-/m1/s1. The lowest BCUT2D eigenvalue weighted by Crippen LogP contribution is -2.21. The van der Waals surface area contributed by atoms with Gasteiger partial charge in [-0.25, -0.2) is 0 Å². The highest BCUT2D eigenvalue weighted by Gasteiger charge is 2.12. The molecule has 0 heterocycles. The Labute approximate surface area is 119 Å². The highest BCUT2D eigenvalue weighted by molar-refractivity contribution is 5.35. The van der Waals surface area contributed by atoms with Crippen molar-refractivity contribution in [2.24, 2.45) is 0 Å². The summed E-state index contributed by atoms with van der Waals surface area (Å²) in [5.41, 5.74) is 2.94. The fraction of sp³-hybridized carbons (Fsp3) is 0.294. The van der Waals surface area contributed by atoms with Gasteiger partial charge in [0, 0.05) is 18.2 Å². The van der Waals surface area contributed by atoms with Crippen molar-refractivity contribution in [3.05, 3.63) is 65.2 Å². The normalized spacial score (nSPS) is 12.3. The first-order valence-corrected chi connectivity index (χ1v) is 6.95. The Morgan fingerprint density at radius 2 is 1.65 bits per heavy atom. The first-order valence-electron chi connectivity index (χ1n) is 6.95. The van der Waals surface area contributed by atoms with Crippen LogP contribution in [-0.4, -0.2) is 10.2 Å². The van der Waals surface area contributed by atoms with Crippen LogP contribution in [0.3, 0.4) is 0 Å². The Bertz CT molecular complexity index is 554. The minimum atomic E-state index is 0.0469. The lowest BCUT2D eigenvalue weighted by atomic mass is 10.0. The van der Waals surface area contributed by atoms with Crippen molar-refractivity contribution in [3.63, 3.8) is 0 Å². The molecule has 0 amide bonds. The number of hydrogen-bond acceptors (Lipinski definition) is 3. The summed E-state index contributed by atoms with van der Waals surface area (Å²) in [4.78, 5) is 0. The van der Waals surface area contributed by atoms with Crippen LogP contribution in [0, 0.1) is 0 Å².